The van der Waals surface area contributed by atoms with Gasteiger partial charge >= 0.3 is 0 Å². The van der Waals surface area contributed by atoms with Crippen molar-refractivity contribution in [1.82, 2.24) is 5.32 Å². The van der Waals surface area contributed by atoms with Gasteiger partial charge in [-0.25, -0.2) is 0 Å². The van der Waals surface area contributed by atoms with Crippen LogP contribution in [0.4, 0.5) is 5.69 Å². The van der Waals surface area contributed by atoms with E-state index in [1.165, 1.54) is 0 Å². The number of carbonyl (C=O) groups excluding carboxylic acids is 2. The van der Waals surface area contributed by atoms with Crippen molar-refractivity contribution in [3.63, 3.8) is 0 Å². The van der Waals surface area contributed by atoms with Crippen LogP contribution in [0.5, 0.6) is 5.75 Å². The van der Waals surface area contributed by atoms with Gasteiger partial charge in [0.1, 0.15) is 5.75 Å². The van der Waals surface area contributed by atoms with E-state index in [-0.39, 0.29) is 24.5 Å². The van der Waals surface area contributed by atoms with Crippen LogP contribution < -0.4 is 15.4 Å². The van der Waals surface area contributed by atoms with Crippen LogP contribution in [0, 0.1) is 0 Å². The molecule has 2 rings (SSSR count). The molecule has 0 aliphatic rings. The molecule has 0 aliphatic heterocycles. The number of rotatable bonds is 7. The molecule has 24 heavy (non-hydrogen) atoms. The van der Waals surface area contributed by atoms with E-state index in [0.717, 1.165) is 6.42 Å². The summed E-state index contributed by atoms with van der Waals surface area (Å²) >= 11 is 0. The van der Waals surface area contributed by atoms with Crippen LogP contribution in [0.1, 0.15) is 30.6 Å². The Hall–Kier alpha value is -2.82. The molecule has 2 aromatic rings. The third-order valence-electron chi connectivity index (χ3n) is 3.54. The summed E-state index contributed by atoms with van der Waals surface area (Å²) in [6, 6.07) is 16.1. The van der Waals surface area contributed by atoms with Crippen LogP contribution in [0.3, 0.4) is 0 Å². The number of anilines is 1. The molecule has 5 heteroatoms. The molecule has 2 N–H and O–H groups in total. The highest BCUT2D eigenvalue weighted by atomic mass is 16.5. The second-order valence-corrected chi connectivity index (χ2v) is 5.48. The molecule has 2 aromatic carbocycles. The molecule has 0 spiro atoms. The Morgan fingerprint density at radius 2 is 1.71 bits per heavy atom. The van der Waals surface area contributed by atoms with E-state index in [0.29, 0.717) is 17.0 Å². The van der Waals surface area contributed by atoms with Gasteiger partial charge in [0, 0.05) is 11.7 Å². The first-order valence-electron chi connectivity index (χ1n) is 7.97. The molecule has 0 bridgehead atoms. The van der Waals surface area contributed by atoms with E-state index in [4.69, 9.17) is 4.74 Å². The number of hydrogen-bond acceptors (Lipinski definition) is 3. The Labute approximate surface area is 142 Å². The van der Waals surface area contributed by atoms with Crippen molar-refractivity contribution < 1.29 is 14.3 Å². The molecule has 0 aromatic heterocycles. The Morgan fingerprint density at radius 1 is 1.04 bits per heavy atom. The summed E-state index contributed by atoms with van der Waals surface area (Å²) in [7, 11) is 0. The van der Waals surface area contributed by atoms with Crippen LogP contribution in [0.15, 0.2) is 54.6 Å². The molecule has 0 fully saturated rings. The number of amides is 2. The average Bonchev–Trinajstić information content (AvgIpc) is 2.61. The lowest BCUT2D eigenvalue weighted by Crippen LogP contribution is -2.35. The lowest BCUT2D eigenvalue weighted by molar-refractivity contribution is -0.123. The third-order valence-corrected chi connectivity index (χ3v) is 3.54. The van der Waals surface area contributed by atoms with E-state index < -0.39 is 0 Å². The normalized spacial score (nSPS) is 11.4. The number of ether oxygens (including phenoxy) is 1. The summed E-state index contributed by atoms with van der Waals surface area (Å²) in [6.45, 7) is 3.80. The smallest absolute Gasteiger partial charge is 0.259 e. The first kappa shape index (κ1) is 17.5. The fraction of sp³-hybridized carbons (Fsp3) is 0.263. The van der Waals surface area contributed by atoms with Crippen LogP contribution in [-0.2, 0) is 4.79 Å². The highest BCUT2D eigenvalue weighted by Crippen LogP contribution is 2.19. The summed E-state index contributed by atoms with van der Waals surface area (Å²) < 4.78 is 5.53. The summed E-state index contributed by atoms with van der Waals surface area (Å²) in [5.74, 6) is -0.105. The van der Waals surface area contributed by atoms with Gasteiger partial charge in [-0.3, -0.25) is 9.59 Å². The largest absolute Gasteiger partial charge is 0.483 e. The molecule has 1 atom stereocenters. The van der Waals surface area contributed by atoms with Crippen molar-refractivity contribution >= 4 is 17.5 Å². The minimum atomic E-state index is -0.279. The summed E-state index contributed by atoms with van der Waals surface area (Å²) in [4.78, 5) is 24.2. The number of hydrogen-bond donors (Lipinski definition) is 2. The minimum absolute atomic E-state index is 0.0951. The number of para-hydroxylation sites is 2. The van der Waals surface area contributed by atoms with Crippen molar-refractivity contribution in [3.05, 3.63) is 60.2 Å². The SMILES string of the molecule is CC[C@H](C)NC(=O)COc1ccccc1C(=O)Nc1ccccc1. The first-order valence-corrected chi connectivity index (χ1v) is 7.97. The molecule has 0 saturated carbocycles. The first-order chi connectivity index (χ1) is 11.6. The van der Waals surface area contributed by atoms with Crippen LogP contribution in [0.25, 0.3) is 0 Å². The minimum Gasteiger partial charge on any atom is -0.483 e. The lowest BCUT2D eigenvalue weighted by Gasteiger charge is -2.14. The van der Waals surface area contributed by atoms with Gasteiger partial charge in [-0.05, 0) is 37.6 Å². The van der Waals surface area contributed by atoms with Crippen molar-refractivity contribution in [2.24, 2.45) is 0 Å². The molecule has 5 nitrogen and oxygen atoms in total. The van der Waals surface area contributed by atoms with E-state index in [9.17, 15) is 9.59 Å². The number of carbonyl (C=O) groups is 2. The molecule has 0 heterocycles. The second-order valence-electron chi connectivity index (χ2n) is 5.48. The standard InChI is InChI=1S/C19H22N2O3/c1-3-14(2)20-18(22)13-24-17-12-8-7-11-16(17)19(23)21-15-9-5-4-6-10-15/h4-12,14H,3,13H2,1-2H3,(H,20,22)(H,21,23)/t14-/m0/s1. The quantitative estimate of drug-likeness (QED) is 0.821. The highest BCUT2D eigenvalue weighted by molar-refractivity contribution is 6.06. The van der Waals surface area contributed by atoms with Gasteiger partial charge in [0.15, 0.2) is 6.61 Å². The fourth-order valence-corrected chi connectivity index (χ4v) is 2.06. The van der Waals surface area contributed by atoms with Gasteiger partial charge in [-0.15, -0.1) is 0 Å². The second kappa shape index (κ2) is 8.72. The van der Waals surface area contributed by atoms with Gasteiger partial charge in [0.05, 0.1) is 5.56 Å². The van der Waals surface area contributed by atoms with Crippen molar-refractivity contribution in [2.75, 3.05) is 11.9 Å². The van der Waals surface area contributed by atoms with Crippen molar-refractivity contribution in [2.45, 2.75) is 26.3 Å². The Balaban J connectivity index is 2.02. The molecule has 0 unspecified atom stereocenters. The topological polar surface area (TPSA) is 67.4 Å². The maximum atomic E-state index is 12.4. The molecule has 0 aliphatic carbocycles. The van der Waals surface area contributed by atoms with E-state index in [1.54, 1.807) is 36.4 Å². The molecule has 0 saturated heterocycles. The predicted molar refractivity (Wildman–Crippen MR) is 94.2 cm³/mol. The fourth-order valence-electron chi connectivity index (χ4n) is 2.06. The number of nitrogens with one attached hydrogen (secondary N) is 2. The maximum absolute atomic E-state index is 12.4. The summed E-state index contributed by atoms with van der Waals surface area (Å²) in [6.07, 6.45) is 0.849. The zero-order valence-electron chi connectivity index (χ0n) is 13.9. The predicted octanol–water partition coefficient (Wildman–Crippen LogP) is 3.23. The van der Waals surface area contributed by atoms with Crippen LogP contribution in [0.2, 0.25) is 0 Å². The zero-order chi connectivity index (χ0) is 17.4. The van der Waals surface area contributed by atoms with E-state index >= 15 is 0 Å². The molecule has 2 amide bonds. The highest BCUT2D eigenvalue weighted by Gasteiger charge is 2.14. The monoisotopic (exact) mass is 326 g/mol. The Morgan fingerprint density at radius 3 is 2.42 bits per heavy atom. The van der Waals surface area contributed by atoms with Gasteiger partial charge in [0.25, 0.3) is 11.8 Å². The zero-order valence-corrected chi connectivity index (χ0v) is 13.9. The summed E-state index contributed by atoms with van der Waals surface area (Å²) in [5, 5.41) is 5.63. The maximum Gasteiger partial charge on any atom is 0.259 e. The van der Waals surface area contributed by atoms with Gasteiger partial charge in [0.2, 0.25) is 0 Å². The van der Waals surface area contributed by atoms with Gasteiger partial charge in [-0.1, -0.05) is 37.3 Å². The third kappa shape index (κ3) is 5.12. The average molecular weight is 326 g/mol. The Kier molecular flexibility index (Phi) is 6.37. The van der Waals surface area contributed by atoms with Gasteiger partial charge in [-0.2, -0.15) is 0 Å². The van der Waals surface area contributed by atoms with Crippen LogP contribution >= 0.6 is 0 Å². The molecular formula is C19H22N2O3. The number of benzene rings is 2. The molecule has 0 radical (unpaired) electrons. The van der Waals surface area contributed by atoms with E-state index in [2.05, 4.69) is 10.6 Å². The summed E-state index contributed by atoms with van der Waals surface area (Å²) in [5.41, 5.74) is 1.09. The molecular weight excluding hydrogens is 304 g/mol. The lowest BCUT2D eigenvalue weighted by atomic mass is 10.2. The Bertz CT molecular complexity index is 686. The molecule has 126 valence electrons. The van der Waals surface area contributed by atoms with E-state index in [1.807, 2.05) is 32.0 Å². The van der Waals surface area contributed by atoms with Crippen LogP contribution in [-0.4, -0.2) is 24.5 Å². The van der Waals surface area contributed by atoms with Crippen molar-refractivity contribution in [1.29, 1.82) is 0 Å². The van der Waals surface area contributed by atoms with Gasteiger partial charge < -0.3 is 15.4 Å². The van der Waals surface area contributed by atoms with Crippen molar-refractivity contribution in [3.8, 4) is 5.75 Å².